The molecule has 0 aliphatic heterocycles. The highest BCUT2D eigenvalue weighted by molar-refractivity contribution is 14.2. The molecular weight excluding hydrogens is 338 g/mol. The molecule has 1 aromatic heterocycles. The number of nitrogen functional groups attached to an aromatic ring is 1. The molecule has 0 saturated heterocycles. The maximum absolute atomic E-state index is 5.91. The molecule has 84 valence electrons. The second-order valence-electron chi connectivity index (χ2n) is 3.15. The Bertz CT molecular complexity index is 563. The number of aromatic nitrogens is 2. The van der Waals surface area contributed by atoms with Crippen LogP contribution in [-0.4, -0.2) is 15.4 Å². The molecule has 0 aliphatic rings. The molecule has 0 radical (unpaired) electrons. The zero-order valence-corrected chi connectivity index (χ0v) is 11.3. The lowest BCUT2D eigenvalue weighted by molar-refractivity contribution is 1.04. The molecule has 0 fully saturated rings. The molecule has 1 heterocycles. The van der Waals surface area contributed by atoms with E-state index < -0.39 is 0 Å². The van der Waals surface area contributed by atoms with E-state index in [0.29, 0.717) is 17.6 Å². The standard InChI is InChI=1S/C8H10IN6P/c9-16-15-7-2-4(8(11)14-12)1-6(10)5(7)3-13-15/h1-3,16H,10,12H2,(H2,11,14). The van der Waals surface area contributed by atoms with Gasteiger partial charge in [0.2, 0.25) is 0 Å². The first kappa shape index (κ1) is 11.4. The third-order valence-electron chi connectivity index (χ3n) is 2.24. The number of anilines is 1. The van der Waals surface area contributed by atoms with E-state index in [1.54, 1.807) is 12.3 Å². The zero-order valence-electron chi connectivity index (χ0n) is 8.18. The highest BCUT2D eigenvalue weighted by Gasteiger charge is 2.09. The van der Waals surface area contributed by atoms with Crippen molar-refractivity contribution in [3.8, 4) is 0 Å². The molecule has 16 heavy (non-hydrogen) atoms. The van der Waals surface area contributed by atoms with Gasteiger partial charge in [0.05, 0.1) is 18.1 Å². The van der Waals surface area contributed by atoms with Gasteiger partial charge in [-0.25, -0.2) is 4.45 Å². The summed E-state index contributed by atoms with van der Waals surface area (Å²) in [7, 11) is 0. The number of hydrazone groups is 1. The number of benzene rings is 1. The molecule has 6 nitrogen and oxygen atoms in total. The second-order valence-corrected chi connectivity index (χ2v) is 5.19. The van der Waals surface area contributed by atoms with Crippen molar-refractivity contribution < 1.29 is 0 Å². The van der Waals surface area contributed by atoms with Crippen LogP contribution in [0.2, 0.25) is 0 Å². The number of hydrogen-bond acceptors (Lipinski definition) is 4. The quantitative estimate of drug-likeness (QED) is 0.143. The third kappa shape index (κ3) is 1.80. The molecular formula is C8H10IN6P. The molecule has 2 rings (SSSR count). The summed E-state index contributed by atoms with van der Waals surface area (Å²) in [5, 5.41) is 8.60. The fraction of sp³-hybridized carbons (Fsp3) is 0. The van der Waals surface area contributed by atoms with Gasteiger partial charge in [0.1, 0.15) is 5.84 Å². The van der Waals surface area contributed by atoms with E-state index in [2.05, 4.69) is 32.2 Å². The summed E-state index contributed by atoms with van der Waals surface area (Å²) in [4.78, 5) is 0. The van der Waals surface area contributed by atoms with E-state index >= 15 is 0 Å². The second kappa shape index (κ2) is 4.42. The van der Waals surface area contributed by atoms with Gasteiger partial charge in [-0.3, -0.25) is 0 Å². The number of hydrogen-bond donors (Lipinski definition) is 3. The molecule has 8 heteroatoms. The van der Waals surface area contributed by atoms with E-state index in [1.807, 2.05) is 10.5 Å². The van der Waals surface area contributed by atoms with Crippen LogP contribution in [0.5, 0.6) is 0 Å². The maximum atomic E-state index is 5.91. The average molecular weight is 348 g/mol. The fourth-order valence-electron chi connectivity index (χ4n) is 1.44. The Morgan fingerprint density at radius 3 is 2.88 bits per heavy atom. The minimum absolute atomic E-state index is 0.262. The largest absolute Gasteiger partial charge is 0.398 e. The summed E-state index contributed by atoms with van der Waals surface area (Å²) in [6.45, 7) is 0. The summed E-state index contributed by atoms with van der Waals surface area (Å²) in [6, 6.07) is 3.63. The first-order chi connectivity index (χ1) is 7.67. The van der Waals surface area contributed by atoms with Gasteiger partial charge < -0.3 is 17.3 Å². The summed E-state index contributed by atoms with van der Waals surface area (Å²) in [6.07, 6.45) is 2.25. The van der Waals surface area contributed by atoms with Gasteiger partial charge >= 0.3 is 0 Å². The Morgan fingerprint density at radius 2 is 2.25 bits per heavy atom. The minimum atomic E-state index is 0.262. The van der Waals surface area contributed by atoms with Crippen molar-refractivity contribution in [1.82, 2.24) is 9.55 Å². The predicted octanol–water partition coefficient (Wildman–Crippen LogP) is 0.989. The number of rotatable bonds is 2. The highest BCUT2D eigenvalue weighted by Crippen LogP contribution is 2.31. The van der Waals surface area contributed by atoms with Gasteiger partial charge in [-0.05, 0) is 34.2 Å². The summed E-state index contributed by atoms with van der Waals surface area (Å²) in [5.74, 6) is 5.41. The number of halogens is 1. The van der Waals surface area contributed by atoms with Gasteiger partial charge in [-0.2, -0.15) is 10.2 Å². The van der Waals surface area contributed by atoms with Crippen molar-refractivity contribution in [2.45, 2.75) is 0 Å². The number of amidine groups is 1. The van der Waals surface area contributed by atoms with Crippen LogP contribution in [0.15, 0.2) is 23.4 Å². The maximum Gasteiger partial charge on any atom is 0.150 e. The van der Waals surface area contributed by atoms with Gasteiger partial charge in [-0.1, -0.05) is 0 Å². The van der Waals surface area contributed by atoms with Crippen LogP contribution < -0.4 is 17.3 Å². The van der Waals surface area contributed by atoms with Crippen molar-refractivity contribution in [3.05, 3.63) is 23.9 Å². The number of fused-ring (bicyclic) bond motifs is 1. The Kier molecular flexibility index (Phi) is 3.15. The van der Waals surface area contributed by atoms with Crippen molar-refractivity contribution in [2.24, 2.45) is 16.7 Å². The predicted molar refractivity (Wildman–Crippen MR) is 76.8 cm³/mol. The first-order valence-corrected chi connectivity index (χ1v) is 8.41. The SMILES string of the molecule is N/N=C(\N)c1cc(N)c2cnn(PI)c2c1. The van der Waals surface area contributed by atoms with Crippen LogP contribution in [0, 0.1) is 0 Å². The zero-order chi connectivity index (χ0) is 11.7. The normalized spacial score (nSPS) is 12.9. The topological polar surface area (TPSA) is 108 Å². The fourth-order valence-corrected chi connectivity index (χ4v) is 2.97. The van der Waals surface area contributed by atoms with Crippen molar-refractivity contribution in [2.75, 3.05) is 5.73 Å². The van der Waals surface area contributed by atoms with Crippen LogP contribution in [0.4, 0.5) is 5.69 Å². The smallest absolute Gasteiger partial charge is 0.150 e. The van der Waals surface area contributed by atoms with Crippen LogP contribution in [0.1, 0.15) is 5.56 Å². The molecule has 6 N–H and O–H groups in total. The summed E-state index contributed by atoms with van der Waals surface area (Å²) >= 11 is 2.25. The molecule has 0 amide bonds. The lowest BCUT2D eigenvalue weighted by Gasteiger charge is -2.04. The minimum Gasteiger partial charge on any atom is -0.398 e. The Hall–Kier alpha value is -1.08. The van der Waals surface area contributed by atoms with Crippen molar-refractivity contribution in [1.29, 1.82) is 0 Å². The average Bonchev–Trinajstić information content (AvgIpc) is 2.71. The molecule has 0 saturated carbocycles. The van der Waals surface area contributed by atoms with E-state index in [4.69, 9.17) is 17.3 Å². The van der Waals surface area contributed by atoms with Crippen LogP contribution in [0.25, 0.3) is 10.9 Å². The molecule has 2 aromatic rings. The number of nitrogens with two attached hydrogens (primary N) is 3. The summed E-state index contributed by atoms with van der Waals surface area (Å²) < 4.78 is 1.86. The molecule has 0 aliphatic carbocycles. The molecule has 0 bridgehead atoms. The van der Waals surface area contributed by atoms with Crippen LogP contribution in [-0.2, 0) is 0 Å². The van der Waals surface area contributed by atoms with Crippen molar-refractivity contribution >= 4 is 50.8 Å². The first-order valence-electron chi connectivity index (χ1n) is 4.35. The van der Waals surface area contributed by atoms with E-state index in [1.165, 1.54) is 0 Å². The molecule has 1 aromatic carbocycles. The van der Waals surface area contributed by atoms with Crippen molar-refractivity contribution in [3.63, 3.8) is 0 Å². The Morgan fingerprint density at radius 1 is 1.50 bits per heavy atom. The van der Waals surface area contributed by atoms with Gasteiger partial charge in [-0.15, -0.1) is 0 Å². The third-order valence-corrected chi connectivity index (χ3v) is 4.12. The lowest BCUT2D eigenvalue weighted by Crippen LogP contribution is -2.15. The highest BCUT2D eigenvalue weighted by atomic mass is 127. The lowest BCUT2D eigenvalue weighted by atomic mass is 10.1. The number of nitrogens with zero attached hydrogens (tertiary/aromatic N) is 3. The van der Waals surface area contributed by atoms with Crippen LogP contribution >= 0.6 is 28.4 Å². The van der Waals surface area contributed by atoms with Gasteiger partial charge in [0.25, 0.3) is 0 Å². The van der Waals surface area contributed by atoms with E-state index in [9.17, 15) is 0 Å². The summed E-state index contributed by atoms with van der Waals surface area (Å²) in [5.41, 5.74) is 13.8. The molecule has 1 atom stereocenters. The monoisotopic (exact) mass is 348 g/mol. The van der Waals surface area contributed by atoms with Gasteiger partial charge in [0.15, 0.2) is 0 Å². The van der Waals surface area contributed by atoms with E-state index in [-0.39, 0.29) is 5.84 Å². The van der Waals surface area contributed by atoms with Crippen LogP contribution in [0.3, 0.4) is 0 Å². The van der Waals surface area contributed by atoms with E-state index in [0.717, 1.165) is 10.9 Å². The Balaban J connectivity index is 2.73. The Labute approximate surface area is 107 Å². The molecule has 1 unspecified atom stereocenters. The van der Waals surface area contributed by atoms with Gasteiger partial charge in [0, 0.05) is 16.6 Å². The molecule has 0 spiro atoms.